The van der Waals surface area contributed by atoms with E-state index in [9.17, 15) is 9.59 Å². The van der Waals surface area contributed by atoms with Crippen LogP contribution in [0.4, 0.5) is 0 Å². The fourth-order valence-corrected chi connectivity index (χ4v) is 2.71. The molecule has 1 aliphatic rings. The summed E-state index contributed by atoms with van der Waals surface area (Å²) >= 11 is 0. The molecule has 1 N–H and O–H groups in total. The van der Waals surface area contributed by atoms with Gasteiger partial charge in [-0.2, -0.15) is 0 Å². The Hall–Kier alpha value is -1.88. The third kappa shape index (κ3) is 4.07. The van der Waals surface area contributed by atoms with Crippen molar-refractivity contribution in [2.45, 2.75) is 38.8 Å². The van der Waals surface area contributed by atoms with Crippen LogP contribution in [0.1, 0.15) is 37.0 Å². The first kappa shape index (κ1) is 16.5. The summed E-state index contributed by atoms with van der Waals surface area (Å²) in [4.78, 5) is 25.7. The molecule has 1 fully saturated rings. The number of amides is 1. The summed E-state index contributed by atoms with van der Waals surface area (Å²) in [6.07, 6.45) is 1.54. The van der Waals surface area contributed by atoms with Gasteiger partial charge in [-0.1, -0.05) is 12.1 Å². The second-order valence-electron chi connectivity index (χ2n) is 5.76. The van der Waals surface area contributed by atoms with Crippen LogP contribution in [0.5, 0.6) is 5.75 Å². The first-order valence-electron chi connectivity index (χ1n) is 7.75. The Morgan fingerprint density at radius 2 is 2.18 bits per heavy atom. The average Bonchev–Trinajstić information content (AvgIpc) is 2.54. The number of carbonyl (C=O) groups excluding carboxylic acids is 2. The normalized spacial score (nSPS) is 19.6. The highest BCUT2D eigenvalue weighted by molar-refractivity contribution is 5.94. The molecular weight excluding hydrogens is 280 g/mol. The molecule has 0 aliphatic carbocycles. The Balaban J connectivity index is 1.99. The Kier molecular flexibility index (Phi) is 5.55. The van der Waals surface area contributed by atoms with E-state index in [1.807, 2.05) is 11.9 Å². The van der Waals surface area contributed by atoms with Crippen molar-refractivity contribution in [2.75, 3.05) is 20.1 Å². The summed E-state index contributed by atoms with van der Waals surface area (Å²) in [5.74, 6) is 0.529. The highest BCUT2D eigenvalue weighted by Crippen LogP contribution is 2.17. The molecule has 1 heterocycles. The minimum Gasteiger partial charge on any atom is -0.481 e. The molecule has 2 unspecified atom stereocenters. The zero-order valence-electron chi connectivity index (χ0n) is 13.5. The van der Waals surface area contributed by atoms with Crippen molar-refractivity contribution in [3.8, 4) is 5.75 Å². The molecule has 120 valence electrons. The van der Waals surface area contributed by atoms with Crippen molar-refractivity contribution in [1.29, 1.82) is 0 Å². The smallest absolute Gasteiger partial charge is 0.263 e. The van der Waals surface area contributed by atoms with Crippen LogP contribution in [0.3, 0.4) is 0 Å². The minimum absolute atomic E-state index is 0.00632. The van der Waals surface area contributed by atoms with Gasteiger partial charge in [0.2, 0.25) is 0 Å². The molecular formula is C17H24N2O3. The topological polar surface area (TPSA) is 58.6 Å². The van der Waals surface area contributed by atoms with Crippen molar-refractivity contribution in [2.24, 2.45) is 0 Å². The molecule has 1 aromatic carbocycles. The van der Waals surface area contributed by atoms with E-state index in [0.29, 0.717) is 17.4 Å². The summed E-state index contributed by atoms with van der Waals surface area (Å²) in [5, 5.41) is 3.23. The SMILES string of the molecule is CNC1CCCN(C(=O)C(C)Oc2cccc(C(C)=O)c2)C1. The van der Waals surface area contributed by atoms with E-state index in [1.165, 1.54) is 6.92 Å². The number of benzene rings is 1. The van der Waals surface area contributed by atoms with E-state index in [-0.39, 0.29) is 11.7 Å². The second kappa shape index (κ2) is 7.40. The summed E-state index contributed by atoms with van der Waals surface area (Å²) < 4.78 is 5.73. The first-order chi connectivity index (χ1) is 10.5. The van der Waals surface area contributed by atoms with Crippen LogP contribution in [0.25, 0.3) is 0 Å². The molecule has 0 spiro atoms. The van der Waals surface area contributed by atoms with Crippen LogP contribution < -0.4 is 10.1 Å². The molecule has 22 heavy (non-hydrogen) atoms. The maximum Gasteiger partial charge on any atom is 0.263 e. The number of ketones is 1. The first-order valence-corrected chi connectivity index (χ1v) is 7.75. The van der Waals surface area contributed by atoms with Crippen molar-refractivity contribution >= 4 is 11.7 Å². The van der Waals surface area contributed by atoms with Crippen LogP contribution in [-0.2, 0) is 4.79 Å². The fraction of sp³-hybridized carbons (Fsp3) is 0.529. The molecule has 2 rings (SSSR count). The third-order valence-corrected chi connectivity index (χ3v) is 4.04. The lowest BCUT2D eigenvalue weighted by atomic mass is 10.1. The summed E-state index contributed by atoms with van der Waals surface area (Å²) in [5.41, 5.74) is 0.588. The van der Waals surface area contributed by atoms with Gasteiger partial charge in [-0.25, -0.2) is 0 Å². The Morgan fingerprint density at radius 3 is 2.86 bits per heavy atom. The molecule has 0 aromatic heterocycles. The Bertz CT molecular complexity index is 544. The van der Waals surface area contributed by atoms with E-state index >= 15 is 0 Å². The fourth-order valence-electron chi connectivity index (χ4n) is 2.71. The highest BCUT2D eigenvalue weighted by atomic mass is 16.5. The minimum atomic E-state index is -0.558. The van der Waals surface area contributed by atoms with Crippen LogP contribution in [-0.4, -0.2) is 48.9 Å². The number of likely N-dealkylation sites (N-methyl/N-ethyl adjacent to an activating group) is 1. The van der Waals surface area contributed by atoms with Crippen molar-refractivity contribution in [3.63, 3.8) is 0 Å². The van der Waals surface area contributed by atoms with E-state index in [4.69, 9.17) is 4.74 Å². The Morgan fingerprint density at radius 1 is 1.41 bits per heavy atom. The Labute approximate surface area is 131 Å². The molecule has 5 heteroatoms. The molecule has 2 atom stereocenters. The van der Waals surface area contributed by atoms with E-state index in [2.05, 4.69) is 5.32 Å². The van der Waals surface area contributed by atoms with Gasteiger partial charge in [-0.15, -0.1) is 0 Å². The van der Waals surface area contributed by atoms with Crippen LogP contribution in [0.15, 0.2) is 24.3 Å². The number of Topliss-reactive ketones (excluding diaryl/α,β-unsaturated/α-hetero) is 1. The lowest BCUT2D eigenvalue weighted by molar-refractivity contribution is -0.139. The van der Waals surface area contributed by atoms with E-state index in [0.717, 1.165) is 25.9 Å². The predicted octanol–water partition coefficient (Wildman–Crippen LogP) is 1.87. The lowest BCUT2D eigenvalue weighted by Crippen LogP contribution is -2.50. The maximum atomic E-state index is 12.5. The van der Waals surface area contributed by atoms with E-state index < -0.39 is 6.10 Å². The number of piperidine rings is 1. The van der Waals surface area contributed by atoms with Gasteiger partial charge in [0.1, 0.15) is 5.75 Å². The van der Waals surface area contributed by atoms with Gasteiger partial charge >= 0.3 is 0 Å². The lowest BCUT2D eigenvalue weighted by Gasteiger charge is -2.34. The number of rotatable bonds is 5. The predicted molar refractivity (Wildman–Crippen MR) is 85.2 cm³/mol. The molecule has 0 bridgehead atoms. The van der Waals surface area contributed by atoms with Crippen LogP contribution >= 0.6 is 0 Å². The van der Waals surface area contributed by atoms with Gasteiger partial charge < -0.3 is 15.0 Å². The van der Waals surface area contributed by atoms with Gasteiger partial charge in [-0.05, 0) is 45.9 Å². The zero-order chi connectivity index (χ0) is 16.1. The summed E-state index contributed by atoms with van der Waals surface area (Å²) in [6.45, 7) is 4.76. The molecule has 1 saturated heterocycles. The monoisotopic (exact) mass is 304 g/mol. The van der Waals surface area contributed by atoms with Gasteiger partial charge in [0.25, 0.3) is 5.91 Å². The molecule has 1 aliphatic heterocycles. The number of hydrogen-bond donors (Lipinski definition) is 1. The molecule has 1 amide bonds. The number of hydrogen-bond acceptors (Lipinski definition) is 4. The van der Waals surface area contributed by atoms with Gasteiger partial charge in [0, 0.05) is 24.7 Å². The second-order valence-corrected chi connectivity index (χ2v) is 5.76. The number of carbonyl (C=O) groups is 2. The largest absolute Gasteiger partial charge is 0.481 e. The summed E-state index contributed by atoms with van der Waals surface area (Å²) in [6, 6.07) is 7.30. The van der Waals surface area contributed by atoms with Gasteiger partial charge in [0.15, 0.2) is 11.9 Å². The van der Waals surface area contributed by atoms with Gasteiger partial charge in [-0.3, -0.25) is 9.59 Å². The van der Waals surface area contributed by atoms with Crippen LogP contribution in [0.2, 0.25) is 0 Å². The molecule has 0 saturated carbocycles. The number of nitrogens with zero attached hydrogens (tertiary/aromatic N) is 1. The zero-order valence-corrected chi connectivity index (χ0v) is 13.5. The van der Waals surface area contributed by atoms with Crippen molar-refractivity contribution < 1.29 is 14.3 Å². The molecule has 5 nitrogen and oxygen atoms in total. The average molecular weight is 304 g/mol. The van der Waals surface area contributed by atoms with Crippen LogP contribution in [0, 0.1) is 0 Å². The number of nitrogens with one attached hydrogen (secondary N) is 1. The van der Waals surface area contributed by atoms with Crippen molar-refractivity contribution in [1.82, 2.24) is 10.2 Å². The van der Waals surface area contributed by atoms with Gasteiger partial charge in [0.05, 0.1) is 0 Å². The number of likely N-dealkylation sites (tertiary alicyclic amines) is 1. The number of ether oxygens (including phenoxy) is 1. The third-order valence-electron chi connectivity index (χ3n) is 4.04. The maximum absolute atomic E-state index is 12.5. The quantitative estimate of drug-likeness (QED) is 0.844. The molecule has 1 aromatic rings. The standard InChI is InChI=1S/C17H24N2O3/c1-12(20)14-6-4-8-16(10-14)22-13(2)17(21)19-9-5-7-15(11-19)18-3/h4,6,8,10,13,15,18H,5,7,9,11H2,1-3H3. The van der Waals surface area contributed by atoms with E-state index in [1.54, 1.807) is 31.2 Å². The summed E-state index contributed by atoms with van der Waals surface area (Å²) in [7, 11) is 1.92. The van der Waals surface area contributed by atoms with Crippen molar-refractivity contribution in [3.05, 3.63) is 29.8 Å². The highest BCUT2D eigenvalue weighted by Gasteiger charge is 2.27. The molecule has 0 radical (unpaired) electrons.